The summed E-state index contributed by atoms with van der Waals surface area (Å²) in [6.07, 6.45) is 6.67. The fourth-order valence-electron chi connectivity index (χ4n) is 3.87. The molecule has 1 saturated heterocycles. The number of ether oxygens (including phenoxy) is 2. The lowest BCUT2D eigenvalue weighted by Crippen LogP contribution is -2.42. The van der Waals surface area contributed by atoms with Crippen LogP contribution in [0, 0.1) is 0 Å². The first-order valence-electron chi connectivity index (χ1n) is 9.29. The summed E-state index contributed by atoms with van der Waals surface area (Å²) in [5, 5.41) is 4.09. The molecule has 1 aromatic heterocycles. The molecule has 1 N–H and O–H groups in total. The average molecular weight is 343 g/mol. The van der Waals surface area contributed by atoms with Gasteiger partial charge in [0.1, 0.15) is 17.1 Å². The summed E-state index contributed by atoms with van der Waals surface area (Å²) in [4.78, 5) is 12.1. The van der Waals surface area contributed by atoms with Crippen LogP contribution in [0.3, 0.4) is 0 Å². The van der Waals surface area contributed by atoms with Gasteiger partial charge >= 0.3 is 0 Å². The average Bonchev–Trinajstić information content (AvgIpc) is 3.27. The molecule has 4 rings (SSSR count). The summed E-state index contributed by atoms with van der Waals surface area (Å²) in [5.74, 6) is 1.71. The second kappa shape index (κ2) is 7.08. The predicted molar refractivity (Wildman–Crippen MR) is 94.9 cm³/mol. The first-order valence-corrected chi connectivity index (χ1v) is 9.29. The molecule has 1 aliphatic carbocycles. The number of carbonyl (C=O) groups is 1. The molecule has 1 amide bonds. The number of hydrogen-bond acceptors (Lipinski definition) is 4. The highest BCUT2D eigenvalue weighted by Gasteiger charge is 2.24. The smallest absolute Gasteiger partial charge is 0.258 e. The van der Waals surface area contributed by atoms with Crippen LogP contribution in [0.4, 0.5) is 0 Å². The molecule has 2 aliphatic rings. The molecule has 0 bridgehead atoms. The molecule has 5 nitrogen and oxygen atoms in total. The van der Waals surface area contributed by atoms with E-state index in [2.05, 4.69) is 5.32 Å². The lowest BCUT2D eigenvalue weighted by Gasteiger charge is -2.20. The molecule has 1 aliphatic heterocycles. The number of hydrogen-bond donors (Lipinski definition) is 1. The van der Waals surface area contributed by atoms with Crippen molar-refractivity contribution in [2.75, 3.05) is 13.2 Å². The van der Waals surface area contributed by atoms with Crippen LogP contribution < -0.4 is 10.1 Å². The van der Waals surface area contributed by atoms with Crippen LogP contribution in [0.1, 0.15) is 43.9 Å². The van der Waals surface area contributed by atoms with E-state index in [1.165, 1.54) is 18.4 Å². The molecule has 1 aromatic carbocycles. The number of benzene rings is 1. The lowest BCUT2D eigenvalue weighted by atomic mass is 9.96. The Bertz CT molecular complexity index is 760. The van der Waals surface area contributed by atoms with E-state index in [1.54, 1.807) is 0 Å². The highest BCUT2D eigenvalue weighted by Crippen LogP contribution is 2.33. The maximum atomic E-state index is 12.1. The topological polar surface area (TPSA) is 60.7 Å². The Balaban J connectivity index is 1.38. The molecule has 2 atom stereocenters. The number of carbonyl (C=O) groups excluding carboxylic acids is 1. The van der Waals surface area contributed by atoms with E-state index in [1.807, 2.05) is 25.1 Å². The number of rotatable bonds is 5. The molecule has 1 fully saturated rings. The van der Waals surface area contributed by atoms with Crippen LogP contribution in [-0.4, -0.2) is 31.3 Å². The van der Waals surface area contributed by atoms with Crippen LogP contribution in [-0.2, 0) is 22.4 Å². The van der Waals surface area contributed by atoms with Crippen molar-refractivity contribution in [3.63, 3.8) is 0 Å². The second-order valence-corrected chi connectivity index (χ2v) is 7.07. The fraction of sp³-hybridized carbons (Fsp3) is 0.550. The van der Waals surface area contributed by atoms with Gasteiger partial charge in [-0.2, -0.15) is 0 Å². The Hall–Kier alpha value is -2.01. The van der Waals surface area contributed by atoms with E-state index in [-0.39, 0.29) is 24.7 Å². The maximum Gasteiger partial charge on any atom is 0.258 e. The van der Waals surface area contributed by atoms with Crippen LogP contribution in [0.2, 0.25) is 0 Å². The highest BCUT2D eigenvalue weighted by molar-refractivity contribution is 5.84. The minimum Gasteiger partial charge on any atom is -0.484 e. The Labute approximate surface area is 147 Å². The van der Waals surface area contributed by atoms with Gasteiger partial charge in [-0.25, -0.2) is 0 Å². The number of fused-ring (bicyclic) bond motifs is 3. The van der Waals surface area contributed by atoms with Crippen molar-refractivity contribution in [3.8, 4) is 5.75 Å². The van der Waals surface area contributed by atoms with Crippen LogP contribution in [0.5, 0.6) is 5.75 Å². The Kier molecular flexibility index (Phi) is 4.66. The van der Waals surface area contributed by atoms with Gasteiger partial charge in [-0.1, -0.05) is 0 Å². The minimum absolute atomic E-state index is 0.0157. The molecule has 25 heavy (non-hydrogen) atoms. The molecular weight excluding hydrogens is 318 g/mol. The van der Waals surface area contributed by atoms with E-state index < -0.39 is 0 Å². The zero-order chi connectivity index (χ0) is 17.2. The predicted octanol–water partition coefficient (Wildman–Crippen LogP) is 3.37. The number of nitrogens with one attached hydrogen (secondary N) is 1. The highest BCUT2D eigenvalue weighted by atomic mass is 16.5. The van der Waals surface area contributed by atoms with Crippen molar-refractivity contribution in [3.05, 3.63) is 29.5 Å². The normalized spacial score (nSPS) is 21.1. The van der Waals surface area contributed by atoms with Gasteiger partial charge in [-0.3, -0.25) is 4.79 Å². The SMILES string of the molecule is CC(NC(=O)COc1ccc2oc3c(c2c1)CCCC3)C1CCCO1. The van der Waals surface area contributed by atoms with Crippen molar-refractivity contribution < 1.29 is 18.7 Å². The molecule has 0 spiro atoms. The van der Waals surface area contributed by atoms with Gasteiger partial charge in [0, 0.05) is 24.0 Å². The van der Waals surface area contributed by atoms with Gasteiger partial charge in [0.25, 0.3) is 5.91 Å². The summed E-state index contributed by atoms with van der Waals surface area (Å²) in [7, 11) is 0. The van der Waals surface area contributed by atoms with Crippen LogP contribution in [0.15, 0.2) is 22.6 Å². The number of amides is 1. The fourth-order valence-corrected chi connectivity index (χ4v) is 3.87. The molecule has 5 heteroatoms. The molecule has 2 heterocycles. The molecule has 2 aromatic rings. The van der Waals surface area contributed by atoms with Gasteiger partial charge < -0.3 is 19.2 Å². The van der Waals surface area contributed by atoms with Gasteiger partial charge in [-0.15, -0.1) is 0 Å². The largest absolute Gasteiger partial charge is 0.484 e. The molecule has 0 saturated carbocycles. The van der Waals surface area contributed by atoms with Gasteiger partial charge in [0.2, 0.25) is 0 Å². The zero-order valence-corrected chi connectivity index (χ0v) is 14.7. The quantitative estimate of drug-likeness (QED) is 0.904. The van der Waals surface area contributed by atoms with E-state index in [0.717, 1.165) is 49.0 Å². The lowest BCUT2D eigenvalue weighted by molar-refractivity contribution is -0.124. The maximum absolute atomic E-state index is 12.1. The molecule has 0 radical (unpaired) electrons. The molecule has 134 valence electrons. The minimum atomic E-state index is -0.114. The number of furan rings is 1. The van der Waals surface area contributed by atoms with E-state index in [9.17, 15) is 4.79 Å². The van der Waals surface area contributed by atoms with Crippen molar-refractivity contribution in [2.45, 2.75) is 57.6 Å². The summed E-state index contributed by atoms with van der Waals surface area (Å²) in [6, 6.07) is 5.82. The van der Waals surface area contributed by atoms with Gasteiger partial charge in [0.15, 0.2) is 6.61 Å². The number of aryl methyl sites for hydroxylation is 2. The second-order valence-electron chi connectivity index (χ2n) is 7.07. The third kappa shape index (κ3) is 3.52. The van der Waals surface area contributed by atoms with Crippen molar-refractivity contribution >= 4 is 16.9 Å². The first kappa shape index (κ1) is 16.5. The molecular formula is C20H25NO4. The standard InChI is InChI=1S/C20H25NO4/c1-13(17-7-4-10-23-17)21-20(22)12-24-14-8-9-19-16(11-14)15-5-2-3-6-18(15)25-19/h8-9,11,13,17H,2-7,10,12H2,1H3,(H,21,22). The van der Waals surface area contributed by atoms with E-state index in [4.69, 9.17) is 13.9 Å². The van der Waals surface area contributed by atoms with Gasteiger partial charge in [0.05, 0.1) is 12.1 Å². The third-order valence-electron chi connectivity index (χ3n) is 5.21. The van der Waals surface area contributed by atoms with Crippen molar-refractivity contribution in [2.24, 2.45) is 0 Å². The van der Waals surface area contributed by atoms with Crippen molar-refractivity contribution in [1.29, 1.82) is 0 Å². The van der Waals surface area contributed by atoms with E-state index >= 15 is 0 Å². The summed E-state index contributed by atoms with van der Waals surface area (Å²) < 4.78 is 17.2. The zero-order valence-electron chi connectivity index (χ0n) is 14.7. The van der Waals surface area contributed by atoms with Crippen LogP contribution >= 0.6 is 0 Å². The summed E-state index contributed by atoms with van der Waals surface area (Å²) in [6.45, 7) is 2.79. The Morgan fingerprint density at radius 3 is 3.04 bits per heavy atom. The monoisotopic (exact) mass is 343 g/mol. The van der Waals surface area contributed by atoms with Gasteiger partial charge in [-0.05, 0) is 57.2 Å². The summed E-state index contributed by atoms with van der Waals surface area (Å²) >= 11 is 0. The first-order chi connectivity index (χ1) is 12.2. The Morgan fingerprint density at radius 1 is 1.32 bits per heavy atom. The Morgan fingerprint density at radius 2 is 2.20 bits per heavy atom. The third-order valence-corrected chi connectivity index (χ3v) is 5.21. The molecule has 2 unspecified atom stereocenters. The van der Waals surface area contributed by atoms with Crippen molar-refractivity contribution in [1.82, 2.24) is 5.32 Å². The van der Waals surface area contributed by atoms with E-state index in [0.29, 0.717) is 5.75 Å². The summed E-state index contributed by atoms with van der Waals surface area (Å²) in [5.41, 5.74) is 2.22. The van der Waals surface area contributed by atoms with Crippen LogP contribution in [0.25, 0.3) is 11.0 Å².